The molecule has 0 aromatic heterocycles. The SMILES string of the molecule is C[C@@H](Oc1ccccc1C#N)C(=O)NCCN(C(=O)[C@@H](C)Oc1ccccc1C#N)C1CC1. The van der Waals surface area contributed by atoms with Gasteiger partial charge in [-0.3, -0.25) is 9.59 Å². The van der Waals surface area contributed by atoms with Crippen LogP contribution in [0.15, 0.2) is 48.5 Å². The van der Waals surface area contributed by atoms with Crippen molar-refractivity contribution in [1.82, 2.24) is 10.2 Å². The summed E-state index contributed by atoms with van der Waals surface area (Å²) in [6.07, 6.45) is 0.256. The number of hydrogen-bond acceptors (Lipinski definition) is 6. The molecular formula is C25H26N4O4. The summed E-state index contributed by atoms with van der Waals surface area (Å²) in [5.41, 5.74) is 0.726. The predicted octanol–water partition coefficient (Wildman–Crippen LogP) is 2.77. The first-order valence-electron chi connectivity index (χ1n) is 10.8. The lowest BCUT2D eigenvalue weighted by Crippen LogP contribution is -2.46. The molecule has 8 heteroatoms. The van der Waals surface area contributed by atoms with Gasteiger partial charge in [-0.05, 0) is 51.0 Å². The molecule has 0 spiro atoms. The van der Waals surface area contributed by atoms with E-state index in [0.717, 1.165) is 12.8 Å². The summed E-state index contributed by atoms with van der Waals surface area (Å²) >= 11 is 0. The molecule has 0 bridgehead atoms. The standard InChI is InChI=1S/C25H26N4O4/c1-17(32-22-9-5-3-7-19(22)15-26)24(30)28-13-14-29(21-11-12-21)25(31)18(2)33-23-10-6-4-8-20(23)16-27/h3-10,17-18,21H,11-14H2,1-2H3,(H,28,30)/t17-,18-/m1/s1. The highest BCUT2D eigenvalue weighted by Gasteiger charge is 2.35. The number of ether oxygens (including phenoxy) is 2. The highest BCUT2D eigenvalue weighted by atomic mass is 16.5. The second kappa shape index (κ2) is 11.0. The Hall–Kier alpha value is -4.04. The Balaban J connectivity index is 1.53. The fourth-order valence-corrected chi connectivity index (χ4v) is 3.34. The third-order valence-electron chi connectivity index (χ3n) is 5.26. The minimum absolute atomic E-state index is 0.128. The highest BCUT2D eigenvalue weighted by molar-refractivity contribution is 5.82. The Bertz CT molecular complexity index is 1080. The second-order valence-corrected chi connectivity index (χ2v) is 7.79. The number of carbonyl (C=O) groups excluding carboxylic acids is 2. The minimum Gasteiger partial charge on any atom is -0.480 e. The molecule has 1 aliphatic carbocycles. The van der Waals surface area contributed by atoms with Crippen molar-refractivity contribution in [3.05, 3.63) is 59.7 Å². The third kappa shape index (κ3) is 6.24. The molecule has 1 saturated carbocycles. The van der Waals surface area contributed by atoms with Crippen LogP contribution in [0, 0.1) is 22.7 Å². The van der Waals surface area contributed by atoms with Crippen LogP contribution in [0.25, 0.3) is 0 Å². The van der Waals surface area contributed by atoms with Gasteiger partial charge in [-0.1, -0.05) is 24.3 Å². The van der Waals surface area contributed by atoms with E-state index in [2.05, 4.69) is 11.4 Å². The van der Waals surface area contributed by atoms with Crippen LogP contribution < -0.4 is 14.8 Å². The number of hydrogen-bond donors (Lipinski definition) is 1. The van der Waals surface area contributed by atoms with Crippen LogP contribution in [-0.2, 0) is 9.59 Å². The van der Waals surface area contributed by atoms with Crippen LogP contribution in [0.4, 0.5) is 0 Å². The topological polar surface area (TPSA) is 115 Å². The molecule has 0 radical (unpaired) electrons. The molecule has 1 N–H and O–H groups in total. The molecule has 2 amide bonds. The summed E-state index contributed by atoms with van der Waals surface area (Å²) < 4.78 is 11.4. The van der Waals surface area contributed by atoms with Gasteiger partial charge >= 0.3 is 0 Å². The average Bonchev–Trinajstić information content (AvgIpc) is 3.67. The van der Waals surface area contributed by atoms with Gasteiger partial charge in [-0.25, -0.2) is 0 Å². The number of benzene rings is 2. The second-order valence-electron chi connectivity index (χ2n) is 7.79. The van der Waals surface area contributed by atoms with Crippen LogP contribution in [0.5, 0.6) is 11.5 Å². The fourth-order valence-electron chi connectivity index (χ4n) is 3.34. The smallest absolute Gasteiger partial charge is 0.263 e. The van der Waals surface area contributed by atoms with Crippen molar-refractivity contribution in [2.24, 2.45) is 0 Å². The van der Waals surface area contributed by atoms with Crippen molar-refractivity contribution in [2.75, 3.05) is 13.1 Å². The van der Waals surface area contributed by atoms with Gasteiger partial charge in [0.25, 0.3) is 11.8 Å². The van der Waals surface area contributed by atoms with E-state index in [9.17, 15) is 14.9 Å². The monoisotopic (exact) mass is 446 g/mol. The summed E-state index contributed by atoms with van der Waals surface area (Å²) in [4.78, 5) is 27.2. The number of rotatable bonds is 10. The van der Waals surface area contributed by atoms with Crippen molar-refractivity contribution in [1.29, 1.82) is 10.5 Å². The molecule has 1 aliphatic rings. The van der Waals surface area contributed by atoms with Gasteiger partial charge in [0.1, 0.15) is 23.6 Å². The van der Waals surface area contributed by atoms with Gasteiger partial charge in [0.2, 0.25) is 0 Å². The number of para-hydroxylation sites is 2. The van der Waals surface area contributed by atoms with Crippen molar-refractivity contribution in [2.45, 2.75) is 44.9 Å². The normalized spacial score (nSPS) is 14.2. The molecule has 33 heavy (non-hydrogen) atoms. The molecule has 0 unspecified atom stereocenters. The Labute approximate surface area is 193 Å². The number of nitriles is 2. The lowest BCUT2D eigenvalue weighted by molar-refractivity contribution is -0.139. The Kier molecular flexibility index (Phi) is 7.88. The van der Waals surface area contributed by atoms with Crippen molar-refractivity contribution in [3.63, 3.8) is 0 Å². The first-order chi connectivity index (χ1) is 15.9. The molecule has 2 atom stereocenters. The zero-order valence-corrected chi connectivity index (χ0v) is 18.7. The zero-order chi connectivity index (χ0) is 23.8. The van der Waals surface area contributed by atoms with Gasteiger partial charge in [0.05, 0.1) is 11.1 Å². The maximum Gasteiger partial charge on any atom is 0.263 e. The quantitative estimate of drug-likeness (QED) is 0.600. The van der Waals surface area contributed by atoms with E-state index in [-0.39, 0.29) is 24.4 Å². The first kappa shape index (κ1) is 23.6. The van der Waals surface area contributed by atoms with Gasteiger partial charge in [-0.15, -0.1) is 0 Å². The molecule has 8 nitrogen and oxygen atoms in total. The maximum absolute atomic E-state index is 13.0. The zero-order valence-electron chi connectivity index (χ0n) is 18.7. The highest BCUT2D eigenvalue weighted by Crippen LogP contribution is 2.28. The van der Waals surface area contributed by atoms with Gasteiger partial charge in [0.15, 0.2) is 12.2 Å². The largest absolute Gasteiger partial charge is 0.480 e. The van der Waals surface area contributed by atoms with E-state index in [1.165, 1.54) is 0 Å². The average molecular weight is 447 g/mol. The summed E-state index contributed by atoms with van der Waals surface area (Å²) in [5.74, 6) is 0.194. The Morgan fingerprint density at radius 2 is 1.48 bits per heavy atom. The van der Waals surface area contributed by atoms with Crippen molar-refractivity contribution < 1.29 is 19.1 Å². The van der Waals surface area contributed by atoms with Crippen molar-refractivity contribution >= 4 is 11.8 Å². The van der Waals surface area contributed by atoms with Gasteiger partial charge in [-0.2, -0.15) is 10.5 Å². The molecular weight excluding hydrogens is 420 g/mol. The van der Waals surface area contributed by atoms with E-state index in [0.29, 0.717) is 29.2 Å². The number of carbonyl (C=O) groups is 2. The van der Waals surface area contributed by atoms with E-state index in [1.807, 2.05) is 6.07 Å². The Morgan fingerprint density at radius 1 is 0.970 bits per heavy atom. The van der Waals surface area contributed by atoms with E-state index in [1.54, 1.807) is 67.3 Å². The van der Waals surface area contributed by atoms with E-state index in [4.69, 9.17) is 14.7 Å². The van der Waals surface area contributed by atoms with E-state index >= 15 is 0 Å². The molecule has 0 heterocycles. The number of nitrogens with zero attached hydrogens (tertiary/aromatic N) is 3. The number of amides is 2. The summed E-state index contributed by atoms with van der Waals surface area (Å²) in [6.45, 7) is 3.86. The Morgan fingerprint density at radius 3 is 2.00 bits per heavy atom. The summed E-state index contributed by atoms with van der Waals surface area (Å²) in [5, 5.41) is 21.2. The first-order valence-corrected chi connectivity index (χ1v) is 10.8. The maximum atomic E-state index is 13.0. The molecule has 0 aliphatic heterocycles. The third-order valence-corrected chi connectivity index (χ3v) is 5.26. The van der Waals surface area contributed by atoms with Crippen LogP contribution in [-0.4, -0.2) is 48.1 Å². The van der Waals surface area contributed by atoms with Crippen LogP contribution in [0.2, 0.25) is 0 Å². The molecule has 3 rings (SSSR count). The van der Waals surface area contributed by atoms with Crippen LogP contribution in [0.1, 0.15) is 37.8 Å². The molecule has 0 saturated heterocycles. The number of nitrogens with one attached hydrogen (secondary N) is 1. The summed E-state index contributed by atoms with van der Waals surface area (Å²) in [7, 11) is 0. The van der Waals surface area contributed by atoms with Gasteiger partial charge in [0, 0.05) is 19.1 Å². The van der Waals surface area contributed by atoms with Gasteiger partial charge < -0.3 is 19.7 Å². The predicted molar refractivity (Wildman–Crippen MR) is 120 cm³/mol. The lowest BCUT2D eigenvalue weighted by atomic mass is 10.2. The van der Waals surface area contributed by atoms with Crippen molar-refractivity contribution in [3.8, 4) is 23.6 Å². The fraction of sp³-hybridized carbons (Fsp3) is 0.360. The molecule has 170 valence electrons. The molecule has 1 fully saturated rings. The lowest BCUT2D eigenvalue weighted by Gasteiger charge is -2.26. The minimum atomic E-state index is -0.797. The van der Waals surface area contributed by atoms with Crippen LogP contribution in [0.3, 0.4) is 0 Å². The summed E-state index contributed by atoms with van der Waals surface area (Å²) in [6, 6.07) is 17.7. The molecule has 2 aromatic rings. The molecule has 2 aromatic carbocycles. The van der Waals surface area contributed by atoms with E-state index < -0.39 is 12.2 Å². The van der Waals surface area contributed by atoms with Crippen LogP contribution >= 0.6 is 0 Å².